The molecule has 0 aliphatic rings. The van der Waals surface area contributed by atoms with Crippen molar-refractivity contribution < 1.29 is 17.9 Å². The Hall–Kier alpha value is -0.900. The molecule has 0 N–H and O–H groups in total. The van der Waals surface area contributed by atoms with E-state index in [0.29, 0.717) is 0 Å². The van der Waals surface area contributed by atoms with Crippen LogP contribution >= 0.6 is 11.6 Å². The summed E-state index contributed by atoms with van der Waals surface area (Å²) in [7, 11) is 0. The van der Waals surface area contributed by atoms with Gasteiger partial charge in [-0.15, -0.1) is 11.6 Å². The SMILES string of the molecule is CC(C)Oc1cccc(CCl)c1C(F)(F)F. The maximum atomic E-state index is 12.8. The third kappa shape index (κ3) is 3.04. The van der Waals surface area contributed by atoms with E-state index < -0.39 is 11.7 Å². The van der Waals surface area contributed by atoms with Crippen molar-refractivity contribution >= 4 is 11.6 Å². The van der Waals surface area contributed by atoms with E-state index in [-0.39, 0.29) is 23.3 Å². The topological polar surface area (TPSA) is 9.23 Å². The largest absolute Gasteiger partial charge is 0.490 e. The van der Waals surface area contributed by atoms with Crippen LogP contribution in [0.1, 0.15) is 25.0 Å². The van der Waals surface area contributed by atoms with E-state index >= 15 is 0 Å². The molecular formula is C11H12ClF3O. The highest BCUT2D eigenvalue weighted by Crippen LogP contribution is 2.39. The van der Waals surface area contributed by atoms with E-state index in [4.69, 9.17) is 16.3 Å². The normalized spacial score (nSPS) is 11.9. The van der Waals surface area contributed by atoms with Gasteiger partial charge in [-0.25, -0.2) is 0 Å². The molecule has 5 heteroatoms. The second-order valence-corrected chi connectivity index (χ2v) is 3.86. The van der Waals surface area contributed by atoms with Crippen LogP contribution in [0.5, 0.6) is 5.75 Å². The smallest absolute Gasteiger partial charge is 0.420 e. The molecule has 1 rings (SSSR count). The first kappa shape index (κ1) is 13.2. The molecule has 0 aliphatic heterocycles. The lowest BCUT2D eigenvalue weighted by atomic mass is 10.1. The molecule has 1 aromatic rings. The Morgan fingerprint density at radius 2 is 1.94 bits per heavy atom. The molecule has 90 valence electrons. The summed E-state index contributed by atoms with van der Waals surface area (Å²) in [6, 6.07) is 4.16. The van der Waals surface area contributed by atoms with Crippen molar-refractivity contribution in [2.45, 2.75) is 32.0 Å². The number of ether oxygens (including phenoxy) is 1. The van der Waals surface area contributed by atoms with Crippen LogP contribution in [-0.4, -0.2) is 6.10 Å². The van der Waals surface area contributed by atoms with E-state index in [9.17, 15) is 13.2 Å². The fourth-order valence-corrected chi connectivity index (χ4v) is 1.58. The first-order valence-electron chi connectivity index (χ1n) is 4.78. The molecule has 0 amide bonds. The van der Waals surface area contributed by atoms with Gasteiger partial charge in [-0.2, -0.15) is 13.2 Å². The van der Waals surface area contributed by atoms with Crippen molar-refractivity contribution in [1.82, 2.24) is 0 Å². The summed E-state index contributed by atoms with van der Waals surface area (Å²) in [5.74, 6) is -0.356. The monoisotopic (exact) mass is 252 g/mol. The third-order valence-corrected chi connectivity index (χ3v) is 2.19. The first-order valence-corrected chi connectivity index (χ1v) is 5.31. The quantitative estimate of drug-likeness (QED) is 0.732. The Labute approximate surface area is 97.2 Å². The number of hydrogen-bond acceptors (Lipinski definition) is 1. The van der Waals surface area contributed by atoms with Crippen molar-refractivity contribution in [2.75, 3.05) is 0 Å². The van der Waals surface area contributed by atoms with Crippen molar-refractivity contribution in [3.8, 4) is 5.75 Å². The lowest BCUT2D eigenvalue weighted by Crippen LogP contribution is -2.14. The molecule has 1 nitrogen and oxygen atoms in total. The van der Waals surface area contributed by atoms with E-state index in [1.54, 1.807) is 13.8 Å². The second-order valence-electron chi connectivity index (χ2n) is 3.59. The molecule has 16 heavy (non-hydrogen) atoms. The molecule has 0 aromatic heterocycles. The van der Waals surface area contributed by atoms with Crippen molar-refractivity contribution in [3.05, 3.63) is 29.3 Å². The molecular weight excluding hydrogens is 241 g/mol. The maximum Gasteiger partial charge on any atom is 0.420 e. The summed E-state index contributed by atoms with van der Waals surface area (Å²) in [6.45, 7) is 3.35. The van der Waals surface area contributed by atoms with E-state index in [1.165, 1.54) is 18.2 Å². The summed E-state index contributed by atoms with van der Waals surface area (Å²) < 4.78 is 43.6. The van der Waals surface area contributed by atoms with E-state index in [1.807, 2.05) is 0 Å². The Morgan fingerprint density at radius 1 is 1.31 bits per heavy atom. The van der Waals surface area contributed by atoms with Crippen molar-refractivity contribution in [3.63, 3.8) is 0 Å². The highest BCUT2D eigenvalue weighted by molar-refractivity contribution is 6.17. The lowest BCUT2D eigenvalue weighted by Gasteiger charge is -2.18. The first-order chi connectivity index (χ1) is 7.36. The highest BCUT2D eigenvalue weighted by atomic mass is 35.5. The number of benzene rings is 1. The molecule has 0 aliphatic carbocycles. The standard InChI is InChI=1S/C11H12ClF3O/c1-7(2)16-9-5-3-4-8(6-12)10(9)11(13,14)15/h3-5,7H,6H2,1-2H3. The Kier molecular flexibility index (Phi) is 4.08. The van der Waals surface area contributed by atoms with Crippen LogP contribution in [0.25, 0.3) is 0 Å². The van der Waals surface area contributed by atoms with Gasteiger partial charge >= 0.3 is 6.18 Å². The number of alkyl halides is 4. The molecule has 0 radical (unpaired) electrons. The average molecular weight is 253 g/mol. The summed E-state index contributed by atoms with van der Waals surface area (Å²) >= 11 is 5.49. The molecule has 1 aromatic carbocycles. The van der Waals surface area contributed by atoms with Crippen LogP contribution < -0.4 is 4.74 Å². The van der Waals surface area contributed by atoms with Crippen molar-refractivity contribution in [2.24, 2.45) is 0 Å². The second kappa shape index (κ2) is 4.95. The predicted octanol–water partition coefficient (Wildman–Crippen LogP) is 4.23. The average Bonchev–Trinajstić information content (AvgIpc) is 2.14. The lowest BCUT2D eigenvalue weighted by molar-refractivity contribution is -0.139. The van der Waals surface area contributed by atoms with E-state index in [2.05, 4.69) is 0 Å². The van der Waals surface area contributed by atoms with Gasteiger partial charge in [-0.3, -0.25) is 0 Å². The van der Waals surface area contributed by atoms with Gasteiger partial charge in [-0.1, -0.05) is 12.1 Å². The predicted molar refractivity (Wildman–Crippen MR) is 56.8 cm³/mol. The Morgan fingerprint density at radius 3 is 2.38 bits per heavy atom. The van der Waals surface area contributed by atoms with Gasteiger partial charge in [-0.05, 0) is 25.5 Å². The van der Waals surface area contributed by atoms with Crippen LogP contribution in [0.3, 0.4) is 0 Å². The van der Waals surface area contributed by atoms with Crippen LogP contribution in [-0.2, 0) is 12.1 Å². The highest BCUT2D eigenvalue weighted by Gasteiger charge is 2.37. The number of hydrogen-bond donors (Lipinski definition) is 0. The van der Waals surface area contributed by atoms with E-state index in [0.717, 1.165) is 0 Å². The summed E-state index contributed by atoms with van der Waals surface area (Å²) in [5.41, 5.74) is -0.744. The molecule has 0 bridgehead atoms. The zero-order valence-corrected chi connectivity index (χ0v) is 9.69. The zero-order valence-electron chi connectivity index (χ0n) is 8.94. The number of rotatable bonds is 3. The fourth-order valence-electron chi connectivity index (χ4n) is 1.36. The van der Waals surface area contributed by atoms with Gasteiger partial charge in [0.05, 0.1) is 6.10 Å². The Bertz CT molecular complexity index is 361. The minimum absolute atomic E-state index is 0.0346. The molecule has 0 saturated heterocycles. The fraction of sp³-hybridized carbons (Fsp3) is 0.455. The summed E-state index contributed by atoms with van der Waals surface area (Å²) in [6.07, 6.45) is -4.76. The van der Waals surface area contributed by atoms with Crippen molar-refractivity contribution in [1.29, 1.82) is 0 Å². The third-order valence-electron chi connectivity index (χ3n) is 1.90. The molecule has 0 heterocycles. The molecule has 0 spiro atoms. The summed E-state index contributed by atoms with van der Waals surface area (Å²) in [4.78, 5) is 0. The van der Waals surface area contributed by atoms with Gasteiger partial charge in [0.25, 0.3) is 0 Å². The summed E-state index contributed by atoms with van der Waals surface area (Å²) in [5, 5.41) is 0. The molecule has 0 atom stereocenters. The van der Waals surface area contributed by atoms with Crippen LogP contribution in [0, 0.1) is 0 Å². The van der Waals surface area contributed by atoms with Gasteiger partial charge in [0.2, 0.25) is 0 Å². The molecule has 0 unspecified atom stereocenters. The van der Waals surface area contributed by atoms with Gasteiger partial charge in [0.1, 0.15) is 11.3 Å². The van der Waals surface area contributed by atoms with Crippen LogP contribution in [0.4, 0.5) is 13.2 Å². The van der Waals surface area contributed by atoms with Gasteiger partial charge in [0.15, 0.2) is 0 Å². The van der Waals surface area contributed by atoms with Gasteiger partial charge in [0, 0.05) is 5.88 Å². The number of halogens is 4. The molecule has 0 saturated carbocycles. The minimum atomic E-state index is -4.45. The minimum Gasteiger partial charge on any atom is -0.490 e. The van der Waals surface area contributed by atoms with Crippen LogP contribution in [0.2, 0.25) is 0 Å². The maximum absolute atomic E-state index is 12.8. The van der Waals surface area contributed by atoms with Crippen LogP contribution in [0.15, 0.2) is 18.2 Å². The Balaban J connectivity index is 3.26. The molecule has 0 fully saturated rings. The van der Waals surface area contributed by atoms with Gasteiger partial charge < -0.3 is 4.74 Å². The zero-order chi connectivity index (χ0) is 12.3.